The van der Waals surface area contributed by atoms with Gasteiger partial charge in [0.15, 0.2) is 11.6 Å². The van der Waals surface area contributed by atoms with E-state index in [1.54, 1.807) is 12.1 Å². The van der Waals surface area contributed by atoms with Crippen molar-refractivity contribution in [2.24, 2.45) is 0 Å². The summed E-state index contributed by atoms with van der Waals surface area (Å²) in [5.74, 6) is 0.968. The van der Waals surface area contributed by atoms with E-state index < -0.39 is 5.82 Å². The number of halogens is 1. The van der Waals surface area contributed by atoms with Crippen molar-refractivity contribution in [3.05, 3.63) is 168 Å². The van der Waals surface area contributed by atoms with Crippen LogP contribution in [0.25, 0.3) is 38.8 Å². The van der Waals surface area contributed by atoms with Crippen molar-refractivity contribution in [1.29, 1.82) is 0 Å². The zero-order valence-electron chi connectivity index (χ0n) is 39.4. The lowest BCUT2D eigenvalue weighted by atomic mass is 9.80. The molecule has 0 bridgehead atoms. The third-order valence-corrected chi connectivity index (χ3v) is 12.5. The Morgan fingerprint density at radius 3 is 1.89 bits per heavy atom. The van der Waals surface area contributed by atoms with Crippen molar-refractivity contribution in [3.63, 3.8) is 0 Å². The summed E-state index contributed by atoms with van der Waals surface area (Å²) in [6.45, 7) is 27.0. The van der Waals surface area contributed by atoms with Crippen molar-refractivity contribution < 1.29 is 9.13 Å². The molecule has 0 fully saturated rings. The number of hydrogen-bond acceptors (Lipinski definition) is 2. The Bertz CT molecular complexity index is 3190. The van der Waals surface area contributed by atoms with Crippen LogP contribution in [0.3, 0.4) is 0 Å². The van der Waals surface area contributed by atoms with Gasteiger partial charge in [0.25, 0.3) is 5.69 Å². The second kappa shape index (κ2) is 15.3. The molecule has 0 aliphatic carbocycles. The summed E-state index contributed by atoms with van der Waals surface area (Å²) in [6.07, 6.45) is 1.85. The zero-order chi connectivity index (χ0) is 45.5. The maximum Gasteiger partial charge on any atom is 0.503 e. The molecule has 0 spiro atoms. The van der Waals surface area contributed by atoms with Gasteiger partial charge >= 0.3 is 11.7 Å². The monoisotopic (exact) mass is 846 g/mol. The Kier molecular flexibility index (Phi) is 10.2. The van der Waals surface area contributed by atoms with E-state index in [0.29, 0.717) is 5.75 Å². The van der Waals surface area contributed by atoms with Crippen LogP contribution in [0.4, 0.5) is 27.1 Å². The minimum atomic E-state index is -0.441. The van der Waals surface area contributed by atoms with Crippen LogP contribution < -0.4 is 13.9 Å². The Hall–Kier alpha value is -6.62. The molecule has 1 aliphatic heterocycles. The molecule has 0 unspecified atom stereocenters. The van der Waals surface area contributed by atoms with Gasteiger partial charge in [-0.05, 0) is 95.0 Å². The second-order valence-corrected chi connectivity index (χ2v) is 21.4. The van der Waals surface area contributed by atoms with Crippen LogP contribution in [0.5, 0.6) is 11.5 Å². The highest BCUT2D eigenvalue weighted by Gasteiger charge is 2.41. The van der Waals surface area contributed by atoms with Gasteiger partial charge in [-0.25, -0.2) is 9.37 Å². The van der Waals surface area contributed by atoms with Gasteiger partial charge < -0.3 is 4.74 Å². The lowest BCUT2D eigenvalue weighted by molar-refractivity contribution is 0.443. The van der Waals surface area contributed by atoms with Gasteiger partial charge in [-0.2, -0.15) is 0 Å². The van der Waals surface area contributed by atoms with E-state index in [-0.39, 0.29) is 27.4 Å². The van der Waals surface area contributed by atoms with Crippen molar-refractivity contribution in [2.75, 3.05) is 0 Å². The zero-order valence-corrected chi connectivity index (χ0v) is 39.4. The summed E-state index contributed by atoms with van der Waals surface area (Å²) >= 11 is 0. The highest BCUT2D eigenvalue weighted by Crippen LogP contribution is 2.46. The van der Waals surface area contributed by atoms with Gasteiger partial charge in [-0.15, -0.1) is 0 Å². The van der Waals surface area contributed by atoms with Crippen LogP contribution in [0.15, 0.2) is 140 Å². The van der Waals surface area contributed by atoms with E-state index in [0.717, 1.165) is 67.1 Å². The largest absolute Gasteiger partial charge is 0.503 e. The first-order valence-corrected chi connectivity index (χ1v) is 22.4. The molecule has 2 aromatic heterocycles. The number of hydrogen-bond donors (Lipinski definition) is 0. The molecule has 5 nitrogen and oxygen atoms in total. The lowest BCUT2D eigenvalue weighted by Crippen LogP contribution is -2.17. The molecule has 0 amide bonds. The third kappa shape index (κ3) is 7.86. The molecular weight excluding hydrogens is 788 g/mol. The van der Waals surface area contributed by atoms with E-state index in [9.17, 15) is 0 Å². The van der Waals surface area contributed by atoms with Crippen LogP contribution >= 0.6 is 0 Å². The van der Waals surface area contributed by atoms with Gasteiger partial charge in [-0.3, -0.25) is 4.57 Å². The summed E-state index contributed by atoms with van der Waals surface area (Å²) in [7, 11) is 0. The molecule has 64 heavy (non-hydrogen) atoms. The Balaban J connectivity index is 1.20. The molecule has 0 atom stereocenters. The molecule has 0 N–H and O–H groups in total. The average Bonchev–Trinajstić information content (AvgIpc) is 3.79. The van der Waals surface area contributed by atoms with E-state index in [1.807, 2.05) is 42.6 Å². The van der Waals surface area contributed by atoms with Crippen LogP contribution in [0, 0.1) is 5.82 Å². The Morgan fingerprint density at radius 1 is 0.531 bits per heavy atom. The van der Waals surface area contributed by atoms with Crippen LogP contribution in [-0.4, -0.2) is 15.6 Å². The molecule has 6 aromatic carbocycles. The fourth-order valence-electron chi connectivity index (χ4n) is 8.64. The van der Waals surface area contributed by atoms with Gasteiger partial charge in [0.05, 0.1) is 22.7 Å². The standard InChI is InChI=1S/C58H59FN4O/c1-55(2,3)38-19-15-18-37(28-38)45-23-17-25-50-54(45)62(43-30-40(57(7,8)9)29-41(31-43)58(10,11)12)36-61(50)42-20-16-21-44(33-42)64-52-35-51-47(34-48(52)59)46-22-13-14-24-49(46)63(51)53-32-39(26-27-60-53)56(4,5)6/h13-35H,1-12H3/q+2. The molecule has 0 radical (unpaired) electrons. The van der Waals surface area contributed by atoms with Crippen molar-refractivity contribution >= 4 is 50.6 Å². The first-order chi connectivity index (χ1) is 30.1. The molecule has 3 heterocycles. The van der Waals surface area contributed by atoms with Crippen molar-refractivity contribution in [2.45, 2.75) is 105 Å². The van der Waals surface area contributed by atoms with Gasteiger partial charge in [0.1, 0.15) is 11.6 Å². The van der Waals surface area contributed by atoms with Gasteiger partial charge in [-0.1, -0.05) is 144 Å². The molecule has 0 saturated heterocycles. The van der Waals surface area contributed by atoms with E-state index in [2.05, 4.69) is 188 Å². The molecule has 1 aliphatic rings. The number of fused-ring (bicyclic) bond motifs is 4. The summed E-state index contributed by atoms with van der Waals surface area (Å²) < 4.78 is 29.3. The lowest BCUT2D eigenvalue weighted by Gasteiger charge is -2.24. The van der Waals surface area contributed by atoms with E-state index >= 15 is 4.39 Å². The fourth-order valence-corrected chi connectivity index (χ4v) is 8.64. The van der Waals surface area contributed by atoms with Crippen LogP contribution in [0.1, 0.15) is 105 Å². The predicted octanol–water partition coefficient (Wildman–Crippen LogP) is 15.8. The van der Waals surface area contributed by atoms with Crippen LogP contribution in [-0.2, 0) is 21.7 Å². The average molecular weight is 847 g/mol. The van der Waals surface area contributed by atoms with Gasteiger partial charge in [0.2, 0.25) is 11.4 Å². The number of rotatable bonds is 6. The number of aromatic nitrogens is 2. The van der Waals surface area contributed by atoms with Crippen molar-refractivity contribution in [1.82, 2.24) is 18.7 Å². The highest BCUT2D eigenvalue weighted by molar-refractivity contribution is 6.09. The van der Waals surface area contributed by atoms with Crippen LogP contribution in [0.2, 0.25) is 0 Å². The number of benzene rings is 6. The first-order valence-electron chi connectivity index (χ1n) is 22.4. The SMILES string of the molecule is CC(C)(C)c1cccc(-c2cccc3c2[N+](c2cc(C(C)(C)C)cc(C(C)(C)C)c2)=C=[N+]3c2cccc(Oc3cc4c(cc3F)c3ccccc3n4-c3cc(C(C)(C)C)ccn3)c2)c1. The number of nitrogens with zero attached hydrogens (tertiary/aromatic N) is 4. The summed E-state index contributed by atoms with van der Waals surface area (Å²) in [5, 5.41) is 1.74. The maximum absolute atomic E-state index is 16.4. The topological polar surface area (TPSA) is 33.1 Å². The highest BCUT2D eigenvalue weighted by atomic mass is 19.1. The number of ether oxygens (including phenoxy) is 1. The summed E-state index contributed by atoms with van der Waals surface area (Å²) in [4.78, 5) is 4.82. The maximum atomic E-state index is 16.4. The molecular formula is C58H59FN4O+2. The number of pyridine rings is 1. The number of para-hydroxylation sites is 2. The molecule has 6 heteroatoms. The molecule has 9 rings (SSSR count). The summed E-state index contributed by atoms with van der Waals surface area (Å²) in [6, 6.07) is 49.7. The molecule has 0 saturated carbocycles. The minimum Gasteiger partial charge on any atom is -0.454 e. The smallest absolute Gasteiger partial charge is 0.454 e. The van der Waals surface area contributed by atoms with Crippen molar-refractivity contribution in [3.8, 4) is 28.4 Å². The molecule has 8 aromatic rings. The second-order valence-electron chi connectivity index (χ2n) is 21.4. The summed E-state index contributed by atoms with van der Waals surface area (Å²) in [5.41, 5.74) is 12.6. The normalized spacial score (nSPS) is 13.3. The third-order valence-electron chi connectivity index (χ3n) is 12.5. The first kappa shape index (κ1) is 42.7. The Labute approximate surface area is 377 Å². The van der Waals surface area contributed by atoms with Gasteiger partial charge in [0, 0.05) is 47.3 Å². The molecule has 322 valence electrons. The fraction of sp³-hybridized carbons (Fsp3) is 0.276. The minimum absolute atomic E-state index is 0.0180. The quantitative estimate of drug-likeness (QED) is 0.156. The van der Waals surface area contributed by atoms with E-state index in [4.69, 9.17) is 9.72 Å². The Morgan fingerprint density at radius 2 is 1.19 bits per heavy atom. The van der Waals surface area contributed by atoms with E-state index in [1.165, 1.54) is 16.7 Å². The predicted molar refractivity (Wildman–Crippen MR) is 266 cm³/mol.